The number of esters is 1. The highest BCUT2D eigenvalue weighted by Crippen LogP contribution is 2.40. The minimum absolute atomic E-state index is 0.00368. The van der Waals surface area contributed by atoms with Gasteiger partial charge in [-0.25, -0.2) is 0 Å². The van der Waals surface area contributed by atoms with Crippen molar-refractivity contribution in [3.63, 3.8) is 0 Å². The highest BCUT2D eigenvalue weighted by atomic mass is 28.4. The van der Waals surface area contributed by atoms with Crippen LogP contribution in [0, 0.1) is 23.7 Å². The molecule has 0 radical (unpaired) electrons. The summed E-state index contributed by atoms with van der Waals surface area (Å²) in [7, 11) is -2.04. The first-order valence-electron chi connectivity index (χ1n) is 12.3. The average Bonchev–Trinajstić information content (AvgIpc) is 2.67. The lowest BCUT2D eigenvalue weighted by Gasteiger charge is -2.41. The molecule has 0 aromatic carbocycles. The molecule has 0 bridgehead atoms. The van der Waals surface area contributed by atoms with Gasteiger partial charge in [0.2, 0.25) is 0 Å². The molecule has 0 N–H and O–H groups in total. The highest BCUT2D eigenvalue weighted by Gasteiger charge is 2.44. The largest absolute Gasteiger partial charge is 0.461 e. The van der Waals surface area contributed by atoms with Gasteiger partial charge in [0.25, 0.3) is 0 Å². The van der Waals surface area contributed by atoms with Crippen LogP contribution in [0.1, 0.15) is 81.6 Å². The molecule has 32 heavy (non-hydrogen) atoms. The van der Waals surface area contributed by atoms with E-state index in [0.29, 0.717) is 0 Å². The first-order valence-corrected chi connectivity index (χ1v) is 15.2. The topological polar surface area (TPSA) is 52.6 Å². The maximum Gasteiger partial charge on any atom is 0.313 e. The molecule has 4 nitrogen and oxygen atoms in total. The summed E-state index contributed by atoms with van der Waals surface area (Å²) in [6.07, 6.45) is 4.27. The lowest BCUT2D eigenvalue weighted by atomic mass is 9.81. The summed E-state index contributed by atoms with van der Waals surface area (Å²) in [6.45, 7) is 27.6. The molecule has 0 aliphatic carbocycles. The van der Waals surface area contributed by atoms with E-state index in [4.69, 9.17) is 9.16 Å². The molecule has 0 aromatic rings. The Labute approximate surface area is 198 Å². The van der Waals surface area contributed by atoms with Crippen molar-refractivity contribution in [1.82, 2.24) is 0 Å². The van der Waals surface area contributed by atoms with Gasteiger partial charge in [0.05, 0.1) is 12.0 Å². The molecular weight excluding hydrogens is 416 g/mol. The molecule has 1 aliphatic rings. The third kappa shape index (κ3) is 6.90. The Morgan fingerprint density at radius 3 is 2.22 bits per heavy atom. The van der Waals surface area contributed by atoms with E-state index in [1.54, 1.807) is 0 Å². The van der Waals surface area contributed by atoms with Crippen molar-refractivity contribution in [3.8, 4) is 0 Å². The molecule has 1 rings (SSSR count). The number of cyclic esters (lactones) is 1. The molecule has 184 valence electrons. The number of ketones is 1. The van der Waals surface area contributed by atoms with Crippen molar-refractivity contribution in [2.45, 2.75) is 112 Å². The summed E-state index contributed by atoms with van der Waals surface area (Å²) in [5.74, 6) is -0.0548. The number of rotatable bonds is 12. The number of allylic oxidation sites excluding steroid dienone is 2. The molecule has 0 aromatic heterocycles. The van der Waals surface area contributed by atoms with E-state index >= 15 is 0 Å². The van der Waals surface area contributed by atoms with Gasteiger partial charge in [-0.2, -0.15) is 0 Å². The second-order valence-electron chi connectivity index (χ2n) is 11.4. The number of Topliss-reactive ketones (excluding diaryl/α,β-unsaturated/α-hetero) is 1. The summed E-state index contributed by atoms with van der Waals surface area (Å²) in [5.41, 5.74) is 2.16. The zero-order valence-electron chi connectivity index (χ0n) is 22.5. The maximum atomic E-state index is 13.4. The summed E-state index contributed by atoms with van der Waals surface area (Å²) >= 11 is 0. The van der Waals surface area contributed by atoms with E-state index < -0.39 is 8.32 Å². The molecule has 1 heterocycles. The van der Waals surface area contributed by atoms with Crippen LogP contribution in [0.3, 0.4) is 0 Å². The molecule has 1 saturated heterocycles. The molecule has 6 atom stereocenters. The van der Waals surface area contributed by atoms with Crippen molar-refractivity contribution in [2.75, 3.05) is 0 Å². The smallest absolute Gasteiger partial charge is 0.313 e. The lowest BCUT2D eigenvalue weighted by molar-refractivity contribution is -0.191. The van der Waals surface area contributed by atoms with E-state index in [2.05, 4.69) is 67.3 Å². The van der Waals surface area contributed by atoms with Crippen LogP contribution in [0.4, 0.5) is 0 Å². The third-order valence-corrected chi connectivity index (χ3v) is 12.0. The molecule has 0 saturated carbocycles. The Hall–Kier alpha value is -1.20. The maximum absolute atomic E-state index is 13.4. The van der Waals surface area contributed by atoms with Crippen molar-refractivity contribution in [1.29, 1.82) is 0 Å². The fraction of sp³-hybridized carbons (Fsp3) is 0.778. The van der Waals surface area contributed by atoms with Gasteiger partial charge >= 0.3 is 5.97 Å². The standard InChI is InChI=1S/C27H48O4Si/c1-13-18(4)24(31-32(11,12)27(8,9)10)21(7)23(28)19(5)15-17(3)16-20(6)25-22(14-2)26(29)30-25/h15,19-22,24-25H,4,13-14,16H2,1-3,5-12H3/b17-15+/t19-,20+,21-,22+,24-,25+/m1/s1. The molecule has 0 amide bonds. The fourth-order valence-electron chi connectivity index (χ4n) is 4.28. The number of carbonyl (C=O) groups is 2. The SMILES string of the molecule is C=C(CC)[C@@H](O[Si](C)(C)C(C)(C)C)[C@H](C)C(=O)[C@H](C)/C=C(\C)C[C@H](C)[C@@H]1OC(=O)[C@H]1CC. The van der Waals surface area contributed by atoms with Crippen LogP contribution in [0.5, 0.6) is 0 Å². The molecule has 0 spiro atoms. The molecule has 5 heteroatoms. The Morgan fingerprint density at radius 2 is 1.78 bits per heavy atom. The minimum atomic E-state index is -2.04. The first kappa shape index (κ1) is 28.8. The van der Waals surface area contributed by atoms with Crippen LogP contribution < -0.4 is 0 Å². The summed E-state index contributed by atoms with van der Waals surface area (Å²) in [5, 5.41) is 0.0710. The molecule has 1 fully saturated rings. The highest BCUT2D eigenvalue weighted by molar-refractivity contribution is 6.74. The summed E-state index contributed by atoms with van der Waals surface area (Å²) < 4.78 is 12.1. The normalized spacial score (nSPS) is 23.6. The fourth-order valence-corrected chi connectivity index (χ4v) is 5.64. The van der Waals surface area contributed by atoms with Crippen molar-refractivity contribution in [3.05, 3.63) is 23.8 Å². The van der Waals surface area contributed by atoms with Gasteiger partial charge in [-0.05, 0) is 55.8 Å². The molecule has 0 unspecified atom stereocenters. The molecular formula is C27H48O4Si. The van der Waals surface area contributed by atoms with E-state index in [-0.39, 0.29) is 52.7 Å². The Balaban J connectivity index is 2.90. The summed E-state index contributed by atoms with van der Waals surface area (Å²) in [6, 6.07) is 0. The van der Waals surface area contributed by atoms with Gasteiger partial charge in [-0.1, -0.05) is 73.6 Å². The van der Waals surface area contributed by atoms with E-state index in [1.807, 2.05) is 20.8 Å². The van der Waals surface area contributed by atoms with Crippen molar-refractivity contribution in [2.24, 2.45) is 23.7 Å². The summed E-state index contributed by atoms with van der Waals surface area (Å²) in [4.78, 5) is 25.0. The molecule has 1 aliphatic heterocycles. The van der Waals surface area contributed by atoms with Crippen LogP contribution in [0.15, 0.2) is 23.8 Å². The predicted molar refractivity (Wildman–Crippen MR) is 136 cm³/mol. The van der Waals surface area contributed by atoms with E-state index in [9.17, 15) is 9.59 Å². The van der Waals surface area contributed by atoms with Crippen molar-refractivity contribution >= 4 is 20.1 Å². The number of hydrogen-bond acceptors (Lipinski definition) is 4. The second kappa shape index (κ2) is 11.3. The van der Waals surface area contributed by atoms with E-state index in [0.717, 1.165) is 24.8 Å². The minimum Gasteiger partial charge on any atom is -0.461 e. The number of carbonyl (C=O) groups excluding carboxylic acids is 2. The second-order valence-corrected chi connectivity index (χ2v) is 16.2. The van der Waals surface area contributed by atoms with Crippen LogP contribution >= 0.6 is 0 Å². The third-order valence-electron chi connectivity index (χ3n) is 7.57. The van der Waals surface area contributed by atoms with Gasteiger partial charge in [-0.3, -0.25) is 9.59 Å². The first-order chi connectivity index (χ1) is 14.6. The van der Waals surface area contributed by atoms with Gasteiger partial charge < -0.3 is 9.16 Å². The van der Waals surface area contributed by atoms with Gasteiger partial charge in [0, 0.05) is 11.8 Å². The van der Waals surface area contributed by atoms with Crippen LogP contribution in [0.2, 0.25) is 18.1 Å². The Kier molecular flexibility index (Phi) is 10.2. The zero-order valence-corrected chi connectivity index (χ0v) is 23.5. The quantitative estimate of drug-likeness (QED) is 0.175. The Bertz CT molecular complexity index is 716. The zero-order chi connectivity index (χ0) is 25.0. The number of ether oxygens (including phenoxy) is 1. The predicted octanol–water partition coefficient (Wildman–Crippen LogP) is 7.11. The van der Waals surface area contributed by atoms with Crippen LogP contribution in [-0.2, 0) is 18.8 Å². The van der Waals surface area contributed by atoms with Crippen molar-refractivity contribution < 1.29 is 18.8 Å². The van der Waals surface area contributed by atoms with Crippen LogP contribution in [0.25, 0.3) is 0 Å². The van der Waals surface area contributed by atoms with Gasteiger partial charge in [0.15, 0.2) is 8.32 Å². The van der Waals surface area contributed by atoms with E-state index in [1.165, 1.54) is 5.57 Å². The Morgan fingerprint density at radius 1 is 1.22 bits per heavy atom. The lowest BCUT2D eigenvalue weighted by Crippen LogP contribution is -2.48. The number of hydrogen-bond donors (Lipinski definition) is 0. The van der Waals surface area contributed by atoms with Gasteiger partial charge in [0.1, 0.15) is 11.9 Å². The monoisotopic (exact) mass is 464 g/mol. The van der Waals surface area contributed by atoms with Crippen LogP contribution in [-0.4, -0.2) is 32.3 Å². The average molecular weight is 465 g/mol. The van der Waals surface area contributed by atoms with Gasteiger partial charge in [-0.15, -0.1) is 0 Å².